The number of amides is 1. The Kier molecular flexibility index (Phi) is 3.41. The number of aryl methyl sites for hydroxylation is 1. The third-order valence-electron chi connectivity index (χ3n) is 2.66. The van der Waals surface area contributed by atoms with E-state index in [1.165, 1.54) is 0 Å². The Labute approximate surface area is 109 Å². The highest BCUT2D eigenvalue weighted by atomic mass is 16.5. The maximum absolute atomic E-state index is 11.7. The molecule has 0 saturated carbocycles. The van der Waals surface area contributed by atoms with Gasteiger partial charge in [0.1, 0.15) is 5.58 Å². The second-order valence-corrected chi connectivity index (χ2v) is 3.89. The van der Waals surface area contributed by atoms with E-state index in [0.717, 1.165) is 0 Å². The molecule has 6 nitrogen and oxygen atoms in total. The van der Waals surface area contributed by atoms with Crippen LogP contribution in [0, 0.1) is 6.92 Å². The van der Waals surface area contributed by atoms with Crippen molar-refractivity contribution >= 4 is 28.7 Å². The third-order valence-corrected chi connectivity index (χ3v) is 2.66. The molecular formula is C13H13NO5. The minimum Gasteiger partial charge on any atom is -0.465 e. The molecule has 0 spiro atoms. The molecule has 0 aliphatic rings. The molecule has 1 heterocycles. The SMILES string of the molecule is CCOC(=O)c1oc2cccc(NC(=O)O)c2c1C. The Morgan fingerprint density at radius 3 is 2.79 bits per heavy atom. The Balaban J connectivity index is 2.57. The van der Waals surface area contributed by atoms with Crippen LogP contribution in [0.1, 0.15) is 23.0 Å². The summed E-state index contributed by atoms with van der Waals surface area (Å²) in [4.78, 5) is 22.4. The van der Waals surface area contributed by atoms with Crippen LogP contribution in [0.15, 0.2) is 22.6 Å². The normalized spacial score (nSPS) is 10.4. The fourth-order valence-corrected chi connectivity index (χ4v) is 1.91. The third kappa shape index (κ3) is 2.37. The van der Waals surface area contributed by atoms with Gasteiger partial charge in [-0.1, -0.05) is 6.07 Å². The first-order chi connectivity index (χ1) is 9.04. The van der Waals surface area contributed by atoms with E-state index in [9.17, 15) is 9.59 Å². The van der Waals surface area contributed by atoms with Crippen LogP contribution in [0.25, 0.3) is 11.0 Å². The first-order valence-electron chi connectivity index (χ1n) is 5.73. The summed E-state index contributed by atoms with van der Waals surface area (Å²) in [5.41, 5.74) is 1.37. The van der Waals surface area contributed by atoms with Gasteiger partial charge in [0.15, 0.2) is 0 Å². The Bertz CT molecular complexity index is 644. The lowest BCUT2D eigenvalue weighted by Crippen LogP contribution is -2.07. The van der Waals surface area contributed by atoms with Crippen molar-refractivity contribution < 1.29 is 23.8 Å². The van der Waals surface area contributed by atoms with Crippen LogP contribution < -0.4 is 5.32 Å². The molecule has 0 atom stereocenters. The number of furan rings is 1. The number of anilines is 1. The number of hydrogen-bond acceptors (Lipinski definition) is 4. The van der Waals surface area contributed by atoms with Gasteiger partial charge in [-0.3, -0.25) is 5.32 Å². The van der Waals surface area contributed by atoms with Gasteiger partial charge < -0.3 is 14.3 Å². The molecule has 2 rings (SSSR count). The van der Waals surface area contributed by atoms with Crippen molar-refractivity contribution in [3.63, 3.8) is 0 Å². The van der Waals surface area contributed by atoms with Crippen molar-refractivity contribution in [3.05, 3.63) is 29.5 Å². The highest BCUT2D eigenvalue weighted by Crippen LogP contribution is 2.31. The number of carbonyl (C=O) groups excluding carboxylic acids is 1. The Hall–Kier alpha value is -2.50. The van der Waals surface area contributed by atoms with E-state index in [0.29, 0.717) is 22.2 Å². The number of carboxylic acid groups (broad SMARTS) is 1. The van der Waals surface area contributed by atoms with Crippen LogP contribution >= 0.6 is 0 Å². The molecule has 0 unspecified atom stereocenters. The predicted octanol–water partition coefficient (Wildman–Crippen LogP) is 3.01. The van der Waals surface area contributed by atoms with Crippen LogP contribution in [0.3, 0.4) is 0 Å². The Morgan fingerprint density at radius 2 is 2.16 bits per heavy atom. The fourth-order valence-electron chi connectivity index (χ4n) is 1.91. The minimum absolute atomic E-state index is 0.0940. The maximum Gasteiger partial charge on any atom is 0.409 e. The molecule has 2 N–H and O–H groups in total. The second kappa shape index (κ2) is 5.01. The molecule has 1 aromatic carbocycles. The van der Waals surface area contributed by atoms with Gasteiger partial charge in [-0.15, -0.1) is 0 Å². The first kappa shape index (κ1) is 12.9. The molecule has 19 heavy (non-hydrogen) atoms. The molecule has 100 valence electrons. The van der Waals surface area contributed by atoms with Gasteiger partial charge in [0.25, 0.3) is 0 Å². The minimum atomic E-state index is -1.18. The number of fused-ring (bicyclic) bond motifs is 1. The van der Waals surface area contributed by atoms with Crippen LogP contribution in [-0.4, -0.2) is 23.8 Å². The van der Waals surface area contributed by atoms with E-state index in [-0.39, 0.29) is 12.4 Å². The average Bonchev–Trinajstić information content (AvgIpc) is 2.68. The number of ether oxygens (including phenoxy) is 1. The summed E-state index contributed by atoms with van der Waals surface area (Å²) >= 11 is 0. The van der Waals surface area contributed by atoms with Gasteiger partial charge in [0.05, 0.1) is 12.3 Å². The van der Waals surface area contributed by atoms with Crippen LogP contribution in [0.5, 0.6) is 0 Å². The fraction of sp³-hybridized carbons (Fsp3) is 0.231. The quantitative estimate of drug-likeness (QED) is 0.831. The summed E-state index contributed by atoms with van der Waals surface area (Å²) in [5, 5.41) is 11.6. The lowest BCUT2D eigenvalue weighted by Gasteiger charge is -2.02. The molecule has 0 bridgehead atoms. The molecule has 0 fully saturated rings. The molecule has 6 heteroatoms. The van der Waals surface area contributed by atoms with Gasteiger partial charge in [-0.2, -0.15) is 0 Å². The molecule has 1 aromatic heterocycles. The molecule has 0 aliphatic carbocycles. The zero-order chi connectivity index (χ0) is 14.0. The van der Waals surface area contributed by atoms with Gasteiger partial charge in [-0.25, -0.2) is 9.59 Å². The number of rotatable bonds is 3. The zero-order valence-corrected chi connectivity index (χ0v) is 10.5. The van der Waals surface area contributed by atoms with Gasteiger partial charge in [0, 0.05) is 10.9 Å². The smallest absolute Gasteiger partial charge is 0.409 e. The lowest BCUT2D eigenvalue weighted by molar-refractivity contribution is 0.0491. The number of benzene rings is 1. The van der Waals surface area contributed by atoms with Gasteiger partial charge in [-0.05, 0) is 26.0 Å². The van der Waals surface area contributed by atoms with Crippen molar-refractivity contribution in [1.82, 2.24) is 0 Å². The Morgan fingerprint density at radius 1 is 1.42 bits per heavy atom. The average molecular weight is 263 g/mol. The maximum atomic E-state index is 11.7. The number of carbonyl (C=O) groups is 2. The summed E-state index contributed by atoms with van der Waals surface area (Å²) in [6, 6.07) is 4.91. The molecule has 2 aromatic rings. The van der Waals surface area contributed by atoms with Crippen molar-refractivity contribution in [1.29, 1.82) is 0 Å². The standard InChI is InChI=1S/C13H13NO5/c1-3-18-12(15)11-7(2)10-8(14-13(16)17)5-4-6-9(10)19-11/h4-6,14H,3H2,1-2H3,(H,16,17). The van der Waals surface area contributed by atoms with Crippen LogP contribution in [0.2, 0.25) is 0 Å². The highest BCUT2D eigenvalue weighted by Gasteiger charge is 2.20. The number of esters is 1. The van der Waals surface area contributed by atoms with Crippen molar-refractivity contribution in [3.8, 4) is 0 Å². The molecular weight excluding hydrogens is 250 g/mol. The summed E-state index contributed by atoms with van der Waals surface area (Å²) < 4.78 is 10.3. The van der Waals surface area contributed by atoms with E-state index in [4.69, 9.17) is 14.3 Å². The topological polar surface area (TPSA) is 88.8 Å². The van der Waals surface area contributed by atoms with Crippen molar-refractivity contribution in [2.24, 2.45) is 0 Å². The number of hydrogen-bond donors (Lipinski definition) is 2. The van der Waals surface area contributed by atoms with E-state index in [1.807, 2.05) is 0 Å². The van der Waals surface area contributed by atoms with E-state index >= 15 is 0 Å². The molecule has 0 saturated heterocycles. The molecule has 0 radical (unpaired) electrons. The summed E-state index contributed by atoms with van der Waals surface area (Å²) in [6.07, 6.45) is -1.18. The van der Waals surface area contributed by atoms with Gasteiger partial charge >= 0.3 is 12.1 Å². The van der Waals surface area contributed by atoms with Crippen LogP contribution in [-0.2, 0) is 4.74 Å². The molecule has 0 aliphatic heterocycles. The zero-order valence-electron chi connectivity index (χ0n) is 10.5. The summed E-state index contributed by atoms with van der Waals surface area (Å²) in [7, 11) is 0. The monoisotopic (exact) mass is 263 g/mol. The van der Waals surface area contributed by atoms with Crippen molar-refractivity contribution in [2.45, 2.75) is 13.8 Å². The van der Waals surface area contributed by atoms with Crippen molar-refractivity contribution in [2.75, 3.05) is 11.9 Å². The van der Waals surface area contributed by atoms with Crippen LogP contribution in [0.4, 0.5) is 10.5 Å². The predicted molar refractivity (Wildman–Crippen MR) is 68.6 cm³/mol. The largest absolute Gasteiger partial charge is 0.465 e. The van der Waals surface area contributed by atoms with E-state index < -0.39 is 12.1 Å². The highest BCUT2D eigenvalue weighted by molar-refractivity contribution is 6.04. The van der Waals surface area contributed by atoms with Gasteiger partial charge in [0.2, 0.25) is 5.76 Å². The molecule has 1 amide bonds. The van der Waals surface area contributed by atoms with E-state index in [1.54, 1.807) is 32.0 Å². The lowest BCUT2D eigenvalue weighted by atomic mass is 10.1. The number of nitrogens with one attached hydrogen (secondary N) is 1. The first-order valence-corrected chi connectivity index (χ1v) is 5.73. The second-order valence-electron chi connectivity index (χ2n) is 3.89. The summed E-state index contributed by atoms with van der Waals surface area (Å²) in [5.74, 6) is -0.464. The van der Waals surface area contributed by atoms with E-state index in [2.05, 4.69) is 5.32 Å². The summed E-state index contributed by atoms with van der Waals surface area (Å²) in [6.45, 7) is 3.63.